The molecule has 1 spiro atoms. The maximum Gasteiger partial charge on any atom is 0.0820 e. The van der Waals surface area contributed by atoms with Gasteiger partial charge < -0.3 is 9.80 Å². The summed E-state index contributed by atoms with van der Waals surface area (Å²) in [6, 6.07) is 84.5. The molecule has 0 saturated carbocycles. The van der Waals surface area contributed by atoms with Crippen molar-refractivity contribution >= 4 is 55.5 Å². The normalized spacial score (nSPS) is 14.4. The predicted octanol–water partition coefficient (Wildman–Crippen LogP) is 15.9. The average Bonchev–Trinajstić information content (AvgIpc) is 3.94. The molecule has 1 heterocycles. The fraction of sp³-hybridized carbons (Fsp3) is 0.0175. The molecule has 0 N–H and O–H groups in total. The lowest BCUT2D eigenvalue weighted by Crippen LogP contribution is -2.25. The third-order valence-electron chi connectivity index (χ3n) is 12.4. The molecule has 0 aliphatic heterocycles. The van der Waals surface area contributed by atoms with E-state index < -0.39 is 5.41 Å². The van der Waals surface area contributed by atoms with Gasteiger partial charge in [0.05, 0.1) is 5.41 Å². The van der Waals surface area contributed by atoms with Crippen LogP contribution in [-0.2, 0) is 5.41 Å². The van der Waals surface area contributed by atoms with Crippen LogP contribution in [-0.4, -0.2) is 0 Å². The number of hydrogen-bond acceptors (Lipinski definition) is 3. The average molecular weight is 783 g/mol. The molecule has 1 atom stereocenters. The summed E-state index contributed by atoms with van der Waals surface area (Å²) in [6.45, 7) is 0. The Hall–Kier alpha value is -7.46. The zero-order chi connectivity index (χ0) is 39.6. The first-order valence-electron chi connectivity index (χ1n) is 20.6. The van der Waals surface area contributed by atoms with Crippen molar-refractivity contribution in [2.75, 3.05) is 9.80 Å². The molecule has 60 heavy (non-hydrogen) atoms. The Kier molecular flexibility index (Phi) is 7.97. The van der Waals surface area contributed by atoms with Crippen LogP contribution in [0.3, 0.4) is 0 Å². The monoisotopic (exact) mass is 782 g/mol. The van der Waals surface area contributed by atoms with E-state index in [1.807, 2.05) is 11.3 Å². The second-order valence-corrected chi connectivity index (χ2v) is 16.7. The number of rotatable bonds is 7. The largest absolute Gasteiger partial charge is 0.310 e. The first-order chi connectivity index (χ1) is 29.8. The number of nitrogens with zero attached hydrogens (tertiary/aromatic N) is 2. The summed E-state index contributed by atoms with van der Waals surface area (Å²) < 4.78 is 1.32. The summed E-state index contributed by atoms with van der Waals surface area (Å²) in [5, 5.41) is 1.32. The van der Waals surface area contributed by atoms with Crippen LogP contribution in [0.5, 0.6) is 0 Å². The van der Waals surface area contributed by atoms with Crippen LogP contribution in [0.1, 0.15) is 21.6 Å². The molecular formula is C57H38N2S. The molecule has 3 heteroatoms. The zero-order valence-electron chi connectivity index (χ0n) is 32.7. The highest BCUT2D eigenvalue weighted by Gasteiger charge is 2.54. The van der Waals surface area contributed by atoms with E-state index in [1.165, 1.54) is 65.0 Å². The van der Waals surface area contributed by atoms with Gasteiger partial charge in [-0.25, -0.2) is 0 Å². The Bertz CT molecular complexity index is 3150. The Morgan fingerprint density at radius 1 is 0.317 bits per heavy atom. The molecule has 2 aliphatic rings. The lowest BCUT2D eigenvalue weighted by Gasteiger charge is -2.32. The molecule has 1 aromatic heterocycles. The second-order valence-electron chi connectivity index (χ2n) is 15.6. The number of anilines is 6. The van der Waals surface area contributed by atoms with Gasteiger partial charge in [0.1, 0.15) is 0 Å². The van der Waals surface area contributed by atoms with Crippen molar-refractivity contribution in [1.82, 2.24) is 0 Å². The Labute approximate surface area is 354 Å². The molecule has 2 nitrogen and oxygen atoms in total. The van der Waals surface area contributed by atoms with E-state index in [0.29, 0.717) is 0 Å². The number of thiophene rings is 1. The first-order valence-corrected chi connectivity index (χ1v) is 21.4. The molecule has 0 fully saturated rings. The van der Waals surface area contributed by atoms with Gasteiger partial charge in [0.2, 0.25) is 0 Å². The first kappa shape index (κ1) is 34.6. The van der Waals surface area contributed by atoms with Gasteiger partial charge in [0, 0.05) is 54.7 Å². The summed E-state index contributed by atoms with van der Waals surface area (Å²) in [5.41, 5.74) is 17.8. The van der Waals surface area contributed by atoms with E-state index in [9.17, 15) is 0 Å². The van der Waals surface area contributed by atoms with Crippen LogP contribution in [0.25, 0.3) is 43.5 Å². The quantitative estimate of drug-likeness (QED) is 0.159. The number of hydrogen-bond donors (Lipinski definition) is 0. The molecular weight excluding hydrogens is 745 g/mol. The highest BCUT2D eigenvalue weighted by molar-refractivity contribution is 7.20. The van der Waals surface area contributed by atoms with E-state index >= 15 is 0 Å². The Balaban J connectivity index is 1.12. The standard InChI is InChI=1S/C57H38N2S/c1-5-17-39(18-6-1)40-29-31-44(32-30-40)59(43-23-11-4-12-24-43)45-33-35-48-47-25-13-15-27-51(47)57(52(48)37-45)53-38-46(58(41-19-7-2-8-20-41)42-21-9-3-10-22-42)34-36-49(53)55-50-26-14-16-28-54(50)60-56(55)57/h1-38H. The molecule has 0 radical (unpaired) electrons. The van der Waals surface area contributed by atoms with Crippen molar-refractivity contribution in [3.05, 3.63) is 252 Å². The van der Waals surface area contributed by atoms with E-state index in [1.54, 1.807) is 0 Å². The number of para-hydroxylation sites is 3. The Morgan fingerprint density at radius 2 is 0.750 bits per heavy atom. The third-order valence-corrected chi connectivity index (χ3v) is 13.7. The van der Waals surface area contributed by atoms with Gasteiger partial charge >= 0.3 is 0 Å². The van der Waals surface area contributed by atoms with E-state index in [-0.39, 0.29) is 0 Å². The summed E-state index contributed by atoms with van der Waals surface area (Å²) in [4.78, 5) is 6.20. The van der Waals surface area contributed by atoms with E-state index in [0.717, 1.165) is 34.1 Å². The topological polar surface area (TPSA) is 6.48 Å². The van der Waals surface area contributed by atoms with Crippen molar-refractivity contribution in [2.24, 2.45) is 0 Å². The molecule has 282 valence electrons. The minimum Gasteiger partial charge on any atom is -0.310 e. The van der Waals surface area contributed by atoms with Gasteiger partial charge in [0.25, 0.3) is 0 Å². The fourth-order valence-electron chi connectivity index (χ4n) is 9.90. The minimum atomic E-state index is -0.537. The van der Waals surface area contributed by atoms with Crippen LogP contribution in [0.2, 0.25) is 0 Å². The molecule has 9 aromatic carbocycles. The molecule has 1 unspecified atom stereocenters. The Morgan fingerprint density at radius 3 is 1.37 bits per heavy atom. The smallest absolute Gasteiger partial charge is 0.0820 e. The van der Waals surface area contributed by atoms with Gasteiger partial charge in [-0.2, -0.15) is 0 Å². The van der Waals surface area contributed by atoms with Crippen molar-refractivity contribution in [1.29, 1.82) is 0 Å². The highest BCUT2D eigenvalue weighted by Crippen LogP contribution is 2.67. The van der Waals surface area contributed by atoms with Gasteiger partial charge in [-0.05, 0) is 123 Å². The van der Waals surface area contributed by atoms with Gasteiger partial charge in [-0.1, -0.05) is 152 Å². The predicted molar refractivity (Wildman–Crippen MR) is 253 cm³/mol. The maximum absolute atomic E-state index is 2.50. The maximum atomic E-state index is 2.50. The lowest BCUT2D eigenvalue weighted by atomic mass is 9.73. The molecule has 0 bridgehead atoms. The molecule has 0 amide bonds. The SMILES string of the molecule is c1ccc(-c2ccc(N(c3ccccc3)c3ccc4c(c3)C3(c5ccccc5-4)c4cc(N(c5ccccc5)c5ccccc5)ccc4-c4c3sc3ccccc43)cc2)cc1. The highest BCUT2D eigenvalue weighted by atomic mass is 32.1. The molecule has 10 aromatic rings. The van der Waals surface area contributed by atoms with Crippen molar-refractivity contribution < 1.29 is 0 Å². The molecule has 0 saturated heterocycles. The summed E-state index contributed by atoms with van der Waals surface area (Å²) in [6.07, 6.45) is 0. The van der Waals surface area contributed by atoms with Gasteiger partial charge in [-0.3, -0.25) is 0 Å². The molecule has 12 rings (SSSR count). The number of fused-ring (bicyclic) bond motifs is 12. The van der Waals surface area contributed by atoms with Crippen molar-refractivity contribution in [3.8, 4) is 33.4 Å². The summed E-state index contributed by atoms with van der Waals surface area (Å²) in [7, 11) is 0. The van der Waals surface area contributed by atoms with Crippen LogP contribution >= 0.6 is 11.3 Å². The van der Waals surface area contributed by atoms with Crippen LogP contribution < -0.4 is 9.80 Å². The van der Waals surface area contributed by atoms with Gasteiger partial charge in [0.15, 0.2) is 0 Å². The van der Waals surface area contributed by atoms with E-state index in [4.69, 9.17) is 0 Å². The molecule has 2 aliphatic carbocycles. The number of benzene rings is 9. The lowest BCUT2D eigenvalue weighted by molar-refractivity contribution is 0.811. The van der Waals surface area contributed by atoms with Crippen molar-refractivity contribution in [2.45, 2.75) is 5.41 Å². The fourth-order valence-corrected chi connectivity index (χ4v) is 11.4. The summed E-state index contributed by atoms with van der Waals surface area (Å²) >= 11 is 1.95. The van der Waals surface area contributed by atoms with Crippen molar-refractivity contribution in [3.63, 3.8) is 0 Å². The van der Waals surface area contributed by atoms with Crippen LogP contribution in [0, 0.1) is 0 Å². The third kappa shape index (κ3) is 5.19. The van der Waals surface area contributed by atoms with Gasteiger partial charge in [-0.15, -0.1) is 11.3 Å². The minimum absolute atomic E-state index is 0.537. The van der Waals surface area contributed by atoms with Crippen LogP contribution in [0.15, 0.2) is 231 Å². The van der Waals surface area contributed by atoms with E-state index in [2.05, 4.69) is 240 Å². The summed E-state index contributed by atoms with van der Waals surface area (Å²) in [5.74, 6) is 0. The zero-order valence-corrected chi connectivity index (χ0v) is 33.6. The second kappa shape index (κ2) is 13.8. The van der Waals surface area contributed by atoms with Crippen LogP contribution in [0.4, 0.5) is 34.1 Å².